The summed E-state index contributed by atoms with van der Waals surface area (Å²) in [5, 5.41) is 7.44. The van der Waals surface area contributed by atoms with E-state index in [4.69, 9.17) is 0 Å². The Morgan fingerprint density at radius 1 is 0.154 bits per heavy atom. The predicted octanol–water partition coefficient (Wildman–Crippen LogP) is 37.2. The van der Waals surface area contributed by atoms with Gasteiger partial charge in [0, 0.05) is 61.7 Å². The number of fused-ring (bicyclic) bond motifs is 9. The van der Waals surface area contributed by atoms with E-state index in [2.05, 4.69) is 571 Å². The zero-order chi connectivity index (χ0) is 91.6. The lowest BCUT2D eigenvalue weighted by atomic mass is 9.81. The zero-order valence-corrected chi connectivity index (χ0v) is 77.0. The number of anilines is 9. The molecule has 22 aromatic carbocycles. The van der Waals surface area contributed by atoms with Crippen molar-refractivity contribution in [1.29, 1.82) is 0 Å². The molecule has 0 unspecified atom stereocenters. The smallest absolute Gasteiger partial charge is 0.0548 e. The Labute approximate surface area is 798 Å². The second kappa shape index (κ2) is 36.6. The molecule has 0 spiro atoms. The average Bonchev–Trinajstić information content (AvgIpc) is 1.63. The molecule has 2 aliphatic rings. The van der Waals surface area contributed by atoms with Gasteiger partial charge < -0.3 is 14.7 Å². The van der Waals surface area contributed by atoms with Crippen molar-refractivity contribution >= 4 is 83.5 Å². The van der Waals surface area contributed by atoms with Crippen molar-refractivity contribution in [1.82, 2.24) is 0 Å². The Kier molecular flexibility index (Phi) is 22.8. The third-order valence-corrected chi connectivity index (χ3v) is 27.7. The Bertz CT molecular complexity index is 7900. The van der Waals surface area contributed by atoms with Crippen molar-refractivity contribution in [2.24, 2.45) is 0 Å². The fourth-order valence-corrected chi connectivity index (χ4v) is 20.7. The van der Waals surface area contributed by atoms with Crippen LogP contribution in [0.15, 0.2) is 522 Å². The topological polar surface area (TPSA) is 9.72 Å². The van der Waals surface area contributed by atoms with Crippen LogP contribution in [0.2, 0.25) is 0 Å². The van der Waals surface area contributed by atoms with Crippen molar-refractivity contribution in [3.8, 4) is 111 Å². The molecule has 2 aliphatic carbocycles. The number of nitrogens with zero attached hydrogens (tertiary/aromatic N) is 3. The van der Waals surface area contributed by atoms with E-state index in [0.29, 0.717) is 0 Å². The lowest BCUT2D eigenvalue weighted by Gasteiger charge is -2.29. The number of rotatable bonds is 17. The van der Waals surface area contributed by atoms with E-state index in [1.807, 2.05) is 0 Å². The molecule has 3 nitrogen and oxygen atoms in total. The van der Waals surface area contributed by atoms with Gasteiger partial charge in [-0.2, -0.15) is 0 Å². The maximum atomic E-state index is 2.44. The number of benzene rings is 22. The highest BCUT2D eigenvalue weighted by molar-refractivity contribution is 6.06. The van der Waals surface area contributed by atoms with Gasteiger partial charge in [-0.1, -0.05) is 434 Å². The van der Waals surface area contributed by atoms with Crippen LogP contribution in [0.4, 0.5) is 51.2 Å². The van der Waals surface area contributed by atoms with Crippen molar-refractivity contribution in [2.45, 2.75) is 45.4 Å². The van der Waals surface area contributed by atoms with Gasteiger partial charge in [0.25, 0.3) is 0 Å². The van der Waals surface area contributed by atoms with E-state index < -0.39 is 0 Å². The normalized spacial score (nSPS) is 12.3. The molecule has 136 heavy (non-hydrogen) atoms. The molecule has 0 amide bonds. The lowest BCUT2D eigenvalue weighted by molar-refractivity contribution is 0.660. The molecule has 24 rings (SSSR count). The van der Waals surface area contributed by atoms with E-state index >= 15 is 0 Å². The van der Waals surface area contributed by atoms with Crippen molar-refractivity contribution in [3.05, 3.63) is 550 Å². The molecule has 0 radical (unpaired) electrons. The Morgan fingerprint density at radius 3 is 0.816 bits per heavy atom. The molecule has 0 aliphatic heterocycles. The van der Waals surface area contributed by atoms with Crippen molar-refractivity contribution < 1.29 is 0 Å². The molecule has 3 heteroatoms. The summed E-state index contributed by atoms with van der Waals surface area (Å²) in [6.07, 6.45) is 0. The van der Waals surface area contributed by atoms with E-state index in [9.17, 15) is 0 Å². The number of aryl methyl sites for hydroxylation is 1. The Hall–Kier alpha value is -17.0. The predicted molar refractivity (Wildman–Crippen MR) is 579 cm³/mol. The van der Waals surface area contributed by atoms with Gasteiger partial charge in [0.15, 0.2) is 0 Å². The first-order chi connectivity index (χ1) is 66.9. The molecule has 0 heterocycles. The summed E-state index contributed by atoms with van der Waals surface area (Å²) in [5.74, 6) is 0. The molecule has 0 saturated heterocycles. The Morgan fingerprint density at radius 2 is 0.434 bits per heavy atom. The molecule has 0 atom stereocenters. The minimum absolute atomic E-state index is 0.0642. The molecular formula is C133H101N3. The van der Waals surface area contributed by atoms with Gasteiger partial charge in [-0.15, -0.1) is 0 Å². The summed E-state index contributed by atoms with van der Waals surface area (Å²) in [6, 6.07) is 189. The van der Waals surface area contributed by atoms with Crippen LogP contribution in [0.5, 0.6) is 0 Å². The molecule has 0 saturated carbocycles. The van der Waals surface area contributed by atoms with Crippen LogP contribution >= 0.6 is 0 Å². The summed E-state index contributed by atoms with van der Waals surface area (Å²) in [5.41, 5.74) is 41.7. The monoisotopic (exact) mass is 1740 g/mol. The van der Waals surface area contributed by atoms with Crippen LogP contribution < -0.4 is 14.7 Å². The first kappa shape index (κ1) is 84.6. The van der Waals surface area contributed by atoms with Gasteiger partial charge in [-0.3, -0.25) is 0 Å². The van der Waals surface area contributed by atoms with Crippen molar-refractivity contribution in [2.75, 3.05) is 14.7 Å². The number of hydrogen-bond donors (Lipinski definition) is 0. The van der Waals surface area contributed by atoms with Crippen molar-refractivity contribution in [3.63, 3.8) is 0 Å². The van der Waals surface area contributed by atoms with E-state index in [1.54, 1.807) is 0 Å². The summed E-state index contributed by atoms with van der Waals surface area (Å²) in [6.45, 7) is 11.6. The fourth-order valence-electron chi connectivity index (χ4n) is 20.7. The third kappa shape index (κ3) is 16.5. The average molecular weight is 1740 g/mol. The molecule has 22 aromatic rings. The van der Waals surface area contributed by atoms with Crippen LogP contribution in [0.25, 0.3) is 144 Å². The van der Waals surface area contributed by atoms with Crippen LogP contribution in [-0.4, -0.2) is 0 Å². The van der Waals surface area contributed by atoms with Crippen LogP contribution in [-0.2, 0) is 10.8 Å². The van der Waals surface area contributed by atoms with Gasteiger partial charge in [-0.25, -0.2) is 0 Å². The summed E-state index contributed by atoms with van der Waals surface area (Å²) in [4.78, 5) is 7.23. The lowest BCUT2D eigenvalue weighted by Crippen LogP contribution is -2.16. The highest BCUT2D eigenvalue weighted by Gasteiger charge is 2.38. The molecule has 648 valence electrons. The maximum absolute atomic E-state index is 2.44. The molecule has 0 fully saturated rings. The summed E-state index contributed by atoms with van der Waals surface area (Å²) >= 11 is 0. The van der Waals surface area contributed by atoms with E-state index in [1.165, 1.54) is 177 Å². The van der Waals surface area contributed by atoms with Crippen LogP contribution in [0.3, 0.4) is 0 Å². The highest BCUT2D eigenvalue weighted by atomic mass is 15.2. The Balaban J connectivity index is 0.000000119. The minimum atomic E-state index is -0.0800. The van der Waals surface area contributed by atoms with E-state index in [-0.39, 0.29) is 10.8 Å². The zero-order valence-electron chi connectivity index (χ0n) is 77.0. The maximum Gasteiger partial charge on any atom is 0.0548 e. The number of hydrogen-bond acceptors (Lipinski definition) is 3. The third-order valence-electron chi connectivity index (χ3n) is 27.7. The molecule has 0 N–H and O–H groups in total. The second-order valence-corrected chi connectivity index (χ2v) is 36.7. The quantitative estimate of drug-likeness (QED) is 0.0900. The second-order valence-electron chi connectivity index (χ2n) is 36.7. The van der Waals surface area contributed by atoms with Gasteiger partial charge in [-0.05, 0) is 288 Å². The molecule has 0 aromatic heterocycles. The van der Waals surface area contributed by atoms with Gasteiger partial charge in [0.05, 0.1) is 5.69 Å². The standard InChI is InChI=1S/C50H39N.C43H33N.C40H29N/c1-34-13-12-18-40-31-41(39-25-30-45-44-19-10-11-20-46(44)50(2,3)47(45)32-39)33-48(49(34)40)51(42-26-21-37(22-27-42)35-14-6-4-7-15-35)43-28-23-38(24-29-43)36-16-8-5-9-17-36;1-43(2)41-20-12-11-19-38(41)39-26-25-35(29-42(39)43)44(34-23-21-31(22-24-34)30-13-5-3-6-14-30)36-27-33-17-9-10-18-37(33)40(28-36)32-15-7-4-8-16-32;1-4-12-30(13-5-1)32-20-24-36(25-21-32)41(37-26-22-33(23-27-37)31-14-6-2-7-15-31)38-28-35-18-10-11-19-39(35)40(29-38)34-16-8-3-9-17-34/h4-33H,1-3H3;3-29H,1-2H3;1-29H. The van der Waals surface area contributed by atoms with Crippen LogP contribution in [0, 0.1) is 6.92 Å². The van der Waals surface area contributed by atoms with Gasteiger partial charge >= 0.3 is 0 Å². The van der Waals surface area contributed by atoms with E-state index in [0.717, 1.165) is 45.5 Å². The summed E-state index contributed by atoms with van der Waals surface area (Å²) < 4.78 is 0. The van der Waals surface area contributed by atoms with Gasteiger partial charge in [0.1, 0.15) is 0 Å². The first-order valence-electron chi connectivity index (χ1n) is 47.2. The molecular weight excluding hydrogens is 1640 g/mol. The largest absolute Gasteiger partial charge is 0.310 e. The summed E-state index contributed by atoms with van der Waals surface area (Å²) in [7, 11) is 0. The van der Waals surface area contributed by atoms with Crippen LogP contribution in [0.1, 0.15) is 55.5 Å². The molecule has 0 bridgehead atoms. The first-order valence-corrected chi connectivity index (χ1v) is 47.2. The highest BCUT2D eigenvalue weighted by Crippen LogP contribution is 2.54. The minimum Gasteiger partial charge on any atom is -0.310 e. The fraction of sp³-hybridized carbons (Fsp3) is 0.0526. The van der Waals surface area contributed by atoms with Gasteiger partial charge in [0.2, 0.25) is 0 Å². The SMILES string of the molecule is CC1(C)c2ccccc2-c2ccc(N(c3ccc(-c4ccccc4)cc3)c3cc(-c4ccccc4)c4ccccc4c3)cc21.Cc1cccc2cc(-c3ccc4c(c3)C(C)(C)c3ccccc3-4)cc(N(c3ccc(-c4ccccc4)cc3)c3ccc(-c4ccccc4)cc3)c12.c1ccc(-c2ccc(N(c3ccc(-c4ccccc4)cc3)c3cc(-c4ccccc4)c4ccccc4c3)cc2)cc1.